The Morgan fingerprint density at radius 3 is 2.86 bits per heavy atom. The van der Waals surface area contributed by atoms with Crippen molar-refractivity contribution in [2.45, 2.75) is 44.7 Å². The molecule has 0 aliphatic carbocycles. The molecule has 37 heavy (non-hydrogen) atoms. The van der Waals surface area contributed by atoms with E-state index in [2.05, 4.69) is 19.9 Å². The van der Waals surface area contributed by atoms with Gasteiger partial charge in [-0.15, -0.1) is 10.2 Å². The summed E-state index contributed by atoms with van der Waals surface area (Å²) in [5, 5.41) is 12.7. The van der Waals surface area contributed by atoms with Crippen molar-refractivity contribution < 1.29 is 31.8 Å². The van der Waals surface area contributed by atoms with Crippen LogP contribution in [0, 0.1) is 0 Å². The monoisotopic (exact) mass is 516 g/mol. The SMILES string of the molecule is COc1ccc2c(c1)-c1nn(CC3CCCO3)cc1Cc1c(-c3nnc(COCC(F)(F)F)o3)ncn1-2. The molecule has 1 atom stereocenters. The fourth-order valence-electron chi connectivity index (χ4n) is 4.72. The fraction of sp³-hybridized carbons (Fsp3) is 0.417. The van der Waals surface area contributed by atoms with Crippen LogP contribution in [0.5, 0.6) is 5.75 Å². The Balaban J connectivity index is 1.36. The summed E-state index contributed by atoms with van der Waals surface area (Å²) in [6, 6.07) is 5.73. The highest BCUT2D eigenvalue weighted by Gasteiger charge is 2.30. The largest absolute Gasteiger partial charge is 0.497 e. The van der Waals surface area contributed by atoms with Gasteiger partial charge in [-0.2, -0.15) is 18.3 Å². The Labute approximate surface area is 209 Å². The van der Waals surface area contributed by atoms with Crippen molar-refractivity contribution in [2.75, 3.05) is 20.3 Å². The highest BCUT2D eigenvalue weighted by Crippen LogP contribution is 2.39. The molecule has 0 bridgehead atoms. The third-order valence-electron chi connectivity index (χ3n) is 6.36. The van der Waals surface area contributed by atoms with Crippen LogP contribution >= 0.6 is 0 Å². The van der Waals surface area contributed by atoms with E-state index in [9.17, 15) is 13.2 Å². The van der Waals surface area contributed by atoms with Crippen LogP contribution in [0.2, 0.25) is 0 Å². The highest BCUT2D eigenvalue weighted by molar-refractivity contribution is 5.77. The van der Waals surface area contributed by atoms with Crippen molar-refractivity contribution in [1.82, 2.24) is 29.5 Å². The molecule has 13 heteroatoms. The fourth-order valence-corrected chi connectivity index (χ4v) is 4.72. The molecule has 0 N–H and O–H groups in total. The lowest BCUT2D eigenvalue weighted by Crippen LogP contribution is -2.16. The third kappa shape index (κ3) is 4.71. The van der Waals surface area contributed by atoms with Crippen LogP contribution in [-0.2, 0) is 29.0 Å². The van der Waals surface area contributed by atoms with Crippen LogP contribution in [0.25, 0.3) is 28.5 Å². The Hall–Kier alpha value is -3.71. The number of fused-ring (bicyclic) bond motifs is 5. The number of rotatable bonds is 7. The summed E-state index contributed by atoms with van der Waals surface area (Å²) in [4.78, 5) is 4.51. The number of hydrogen-bond acceptors (Lipinski definition) is 8. The van der Waals surface area contributed by atoms with Gasteiger partial charge in [-0.1, -0.05) is 0 Å². The van der Waals surface area contributed by atoms with Crippen LogP contribution in [0.15, 0.2) is 35.1 Å². The van der Waals surface area contributed by atoms with Gasteiger partial charge in [0.2, 0.25) is 5.89 Å². The molecular weight excluding hydrogens is 493 g/mol. The van der Waals surface area contributed by atoms with E-state index in [1.807, 2.05) is 33.6 Å². The number of methoxy groups -OCH3 is 1. The standard InChI is InChI=1S/C24H23F3N6O4/c1-34-15-4-5-18-17(8-15)21-14(9-32(31-21)10-16-3-2-6-36-16)7-19-22(28-13-33(18)19)23-30-29-20(37-23)11-35-12-24(25,26)27/h4-5,8-9,13,16H,2-3,6-7,10-12H2,1H3. The van der Waals surface area contributed by atoms with Gasteiger partial charge < -0.3 is 23.2 Å². The smallest absolute Gasteiger partial charge is 0.411 e. The van der Waals surface area contributed by atoms with Crippen LogP contribution in [-0.4, -0.2) is 62.1 Å². The van der Waals surface area contributed by atoms with Crippen molar-refractivity contribution in [3.05, 3.63) is 47.9 Å². The quantitative estimate of drug-likeness (QED) is 0.320. The number of nitrogens with zero attached hydrogens (tertiary/aromatic N) is 6. The van der Waals surface area contributed by atoms with E-state index >= 15 is 0 Å². The first-order valence-electron chi connectivity index (χ1n) is 11.8. The zero-order valence-corrected chi connectivity index (χ0v) is 19.9. The van der Waals surface area contributed by atoms with Gasteiger partial charge in [0.25, 0.3) is 5.89 Å². The van der Waals surface area contributed by atoms with Gasteiger partial charge in [0, 0.05) is 30.4 Å². The van der Waals surface area contributed by atoms with Gasteiger partial charge in [0.15, 0.2) is 0 Å². The van der Waals surface area contributed by atoms with Gasteiger partial charge >= 0.3 is 6.18 Å². The Morgan fingerprint density at radius 1 is 1.19 bits per heavy atom. The molecule has 0 spiro atoms. The molecule has 5 heterocycles. The number of ether oxygens (including phenoxy) is 3. The molecule has 194 valence electrons. The van der Waals surface area contributed by atoms with Gasteiger partial charge in [-0.3, -0.25) is 4.68 Å². The van der Waals surface area contributed by atoms with Crippen LogP contribution in [0.1, 0.15) is 30.0 Å². The second kappa shape index (κ2) is 9.30. The first kappa shape index (κ1) is 23.7. The second-order valence-electron chi connectivity index (χ2n) is 8.94. The second-order valence-corrected chi connectivity index (χ2v) is 8.94. The number of imidazole rings is 1. The summed E-state index contributed by atoms with van der Waals surface area (Å²) in [6.45, 7) is -0.431. The maximum absolute atomic E-state index is 12.4. The van der Waals surface area contributed by atoms with Crippen LogP contribution in [0.3, 0.4) is 0 Å². The molecule has 1 fully saturated rings. The molecule has 1 aromatic carbocycles. The summed E-state index contributed by atoms with van der Waals surface area (Å²) in [7, 11) is 1.61. The first-order valence-corrected chi connectivity index (χ1v) is 11.8. The van der Waals surface area contributed by atoms with E-state index in [1.54, 1.807) is 13.4 Å². The summed E-state index contributed by atoms with van der Waals surface area (Å²) >= 11 is 0. The molecule has 10 nitrogen and oxygen atoms in total. The zero-order valence-electron chi connectivity index (χ0n) is 19.9. The molecule has 0 amide bonds. The summed E-state index contributed by atoms with van der Waals surface area (Å²) in [6.07, 6.45) is 1.87. The molecule has 1 saturated heterocycles. The zero-order chi connectivity index (χ0) is 25.6. The molecule has 0 saturated carbocycles. The van der Waals surface area contributed by atoms with E-state index in [0.29, 0.717) is 24.4 Å². The van der Waals surface area contributed by atoms with Gasteiger partial charge in [0.05, 0.1) is 36.8 Å². The molecule has 4 aromatic rings. The number of aromatic nitrogens is 6. The highest BCUT2D eigenvalue weighted by atomic mass is 19.4. The Morgan fingerprint density at radius 2 is 2.08 bits per heavy atom. The minimum absolute atomic E-state index is 0.0650. The van der Waals surface area contributed by atoms with E-state index in [0.717, 1.165) is 47.7 Å². The van der Waals surface area contributed by atoms with E-state index in [4.69, 9.17) is 19.0 Å². The maximum atomic E-state index is 12.4. The van der Waals surface area contributed by atoms with Crippen molar-refractivity contribution in [1.29, 1.82) is 0 Å². The number of halogens is 3. The minimum Gasteiger partial charge on any atom is -0.497 e. The Kier molecular flexibility index (Phi) is 5.95. The van der Waals surface area contributed by atoms with Gasteiger partial charge in [-0.25, -0.2) is 4.98 Å². The summed E-state index contributed by atoms with van der Waals surface area (Å²) < 4.78 is 62.5. The molecule has 2 aliphatic rings. The molecular formula is C24H23F3N6O4. The number of hydrogen-bond donors (Lipinski definition) is 0. The van der Waals surface area contributed by atoms with Gasteiger partial charge in [-0.05, 0) is 31.0 Å². The summed E-state index contributed by atoms with van der Waals surface area (Å²) in [5.41, 5.74) is 4.76. The molecule has 2 aliphatic heterocycles. The van der Waals surface area contributed by atoms with Crippen molar-refractivity contribution >= 4 is 0 Å². The normalized spacial score (nSPS) is 16.8. The average Bonchev–Trinajstić information content (AvgIpc) is 3.66. The molecule has 0 radical (unpaired) electrons. The lowest BCUT2D eigenvalue weighted by atomic mass is 10.0. The van der Waals surface area contributed by atoms with E-state index < -0.39 is 19.4 Å². The number of alkyl halides is 3. The van der Waals surface area contributed by atoms with Crippen LogP contribution < -0.4 is 4.74 Å². The Bertz CT molecular complexity index is 1420. The molecule has 3 aromatic heterocycles. The summed E-state index contributed by atoms with van der Waals surface area (Å²) in [5.74, 6) is 0.733. The van der Waals surface area contributed by atoms with Crippen molar-refractivity contribution in [3.63, 3.8) is 0 Å². The predicted molar refractivity (Wildman–Crippen MR) is 122 cm³/mol. The van der Waals surface area contributed by atoms with E-state index in [-0.39, 0.29) is 17.9 Å². The number of benzene rings is 1. The van der Waals surface area contributed by atoms with E-state index in [1.165, 1.54) is 0 Å². The molecule has 1 unspecified atom stereocenters. The minimum atomic E-state index is -4.44. The lowest BCUT2D eigenvalue weighted by molar-refractivity contribution is -0.177. The third-order valence-corrected chi connectivity index (χ3v) is 6.36. The average molecular weight is 516 g/mol. The van der Waals surface area contributed by atoms with Crippen molar-refractivity contribution in [3.8, 4) is 34.3 Å². The van der Waals surface area contributed by atoms with Gasteiger partial charge in [0.1, 0.15) is 31.0 Å². The topological polar surface area (TPSA) is 102 Å². The van der Waals surface area contributed by atoms with Crippen molar-refractivity contribution in [2.24, 2.45) is 0 Å². The predicted octanol–water partition coefficient (Wildman–Crippen LogP) is 3.96. The molecule has 6 rings (SSSR count). The maximum Gasteiger partial charge on any atom is 0.411 e. The first-order chi connectivity index (χ1) is 17.9. The van der Waals surface area contributed by atoms with Crippen LogP contribution in [0.4, 0.5) is 13.2 Å². The lowest BCUT2D eigenvalue weighted by Gasteiger charge is -2.12.